The van der Waals surface area contributed by atoms with E-state index < -0.39 is 6.43 Å². The number of pyridine rings is 1. The molecular weight excluding hydrogens is 367 g/mol. The second-order valence-corrected chi connectivity index (χ2v) is 6.78. The van der Waals surface area contributed by atoms with Crippen molar-refractivity contribution in [2.75, 3.05) is 0 Å². The number of hydrogen-bond acceptors (Lipinski definition) is 2. The van der Waals surface area contributed by atoms with Gasteiger partial charge in [-0.15, -0.1) is 0 Å². The van der Waals surface area contributed by atoms with Gasteiger partial charge in [0.2, 0.25) is 0 Å². The van der Waals surface area contributed by atoms with Crippen LogP contribution in [-0.4, -0.2) is 14.5 Å². The lowest BCUT2D eigenvalue weighted by Gasteiger charge is -2.16. The Labute approximate surface area is 154 Å². The molecule has 2 heterocycles. The van der Waals surface area contributed by atoms with Crippen molar-refractivity contribution in [3.8, 4) is 11.1 Å². The van der Waals surface area contributed by atoms with Crippen molar-refractivity contribution in [2.45, 2.75) is 39.2 Å². The van der Waals surface area contributed by atoms with E-state index in [-0.39, 0.29) is 11.9 Å². The lowest BCUT2D eigenvalue weighted by molar-refractivity contribution is 0.133. The first-order valence-corrected chi connectivity index (χ1v) is 8.80. The molecule has 3 aromatic rings. The van der Waals surface area contributed by atoms with Crippen LogP contribution in [0.25, 0.3) is 22.3 Å². The van der Waals surface area contributed by atoms with Gasteiger partial charge >= 0.3 is 0 Å². The molecule has 0 N–H and O–H groups in total. The van der Waals surface area contributed by atoms with Gasteiger partial charge in [-0.05, 0) is 31.5 Å². The minimum Gasteiger partial charge on any atom is -0.305 e. The van der Waals surface area contributed by atoms with Crippen molar-refractivity contribution in [1.29, 1.82) is 0 Å². The molecule has 0 radical (unpaired) electrons. The number of fused-ring (bicyclic) bond motifs is 1. The summed E-state index contributed by atoms with van der Waals surface area (Å²) < 4.78 is 28.7. The molecule has 0 saturated heterocycles. The van der Waals surface area contributed by atoms with Gasteiger partial charge < -0.3 is 4.57 Å². The van der Waals surface area contributed by atoms with Crippen molar-refractivity contribution in [3.63, 3.8) is 0 Å². The first-order chi connectivity index (χ1) is 11.9. The molecule has 0 fully saturated rings. The maximum absolute atomic E-state index is 13.6. The van der Waals surface area contributed by atoms with E-state index in [1.54, 1.807) is 30.5 Å². The number of alkyl halides is 2. The maximum Gasteiger partial charge on any atom is 0.295 e. The van der Waals surface area contributed by atoms with Crippen LogP contribution in [0.15, 0.2) is 30.5 Å². The van der Waals surface area contributed by atoms with E-state index in [0.29, 0.717) is 32.3 Å². The Morgan fingerprint density at radius 1 is 1.16 bits per heavy atom. The molecule has 0 amide bonds. The van der Waals surface area contributed by atoms with Gasteiger partial charge in [0, 0.05) is 33.4 Å². The number of hydrogen-bond donors (Lipinski definition) is 0. The number of halogens is 4. The van der Waals surface area contributed by atoms with Crippen LogP contribution in [0.1, 0.15) is 45.0 Å². The third-order valence-electron chi connectivity index (χ3n) is 4.17. The molecule has 0 spiro atoms. The first kappa shape index (κ1) is 18.1. The molecule has 7 heteroatoms. The summed E-state index contributed by atoms with van der Waals surface area (Å²) in [6.45, 7) is 3.92. The van der Waals surface area contributed by atoms with Crippen LogP contribution in [-0.2, 0) is 0 Å². The van der Waals surface area contributed by atoms with Gasteiger partial charge in [0.1, 0.15) is 5.52 Å². The molecule has 0 aliphatic carbocycles. The number of rotatable bonds is 5. The SMILES string of the molecule is CCCC(C)n1c(C(F)F)nc2c(-c3ccc(Cl)cc3Cl)ccnc21. The van der Waals surface area contributed by atoms with Crippen molar-refractivity contribution in [1.82, 2.24) is 14.5 Å². The zero-order chi connectivity index (χ0) is 18.1. The molecule has 1 unspecified atom stereocenters. The van der Waals surface area contributed by atoms with Gasteiger partial charge in [-0.2, -0.15) is 0 Å². The van der Waals surface area contributed by atoms with Crippen LogP contribution in [0.3, 0.4) is 0 Å². The summed E-state index contributed by atoms with van der Waals surface area (Å²) >= 11 is 12.3. The monoisotopic (exact) mass is 383 g/mol. The molecule has 2 aromatic heterocycles. The topological polar surface area (TPSA) is 30.7 Å². The minimum atomic E-state index is -2.68. The Morgan fingerprint density at radius 2 is 1.92 bits per heavy atom. The molecule has 1 atom stereocenters. The summed E-state index contributed by atoms with van der Waals surface area (Å²) in [7, 11) is 0. The Hall–Kier alpha value is -1.72. The summed E-state index contributed by atoms with van der Waals surface area (Å²) in [4.78, 5) is 8.53. The van der Waals surface area contributed by atoms with Crippen LogP contribution < -0.4 is 0 Å². The Morgan fingerprint density at radius 3 is 2.56 bits per heavy atom. The molecule has 0 aliphatic heterocycles. The predicted molar refractivity (Wildman–Crippen MR) is 97.6 cm³/mol. The fourth-order valence-electron chi connectivity index (χ4n) is 3.07. The van der Waals surface area contributed by atoms with E-state index in [2.05, 4.69) is 9.97 Å². The zero-order valence-corrected chi connectivity index (χ0v) is 15.3. The predicted octanol–water partition coefficient (Wildman–Crippen LogP) is 6.70. The maximum atomic E-state index is 13.6. The van der Waals surface area contributed by atoms with Gasteiger partial charge in [0.15, 0.2) is 11.5 Å². The molecular formula is C18H17Cl2F2N3. The average Bonchev–Trinajstić information content (AvgIpc) is 2.95. The summed E-state index contributed by atoms with van der Waals surface area (Å²) in [5.41, 5.74) is 2.22. The van der Waals surface area contributed by atoms with Gasteiger partial charge in [-0.25, -0.2) is 18.7 Å². The lowest BCUT2D eigenvalue weighted by atomic mass is 10.1. The lowest BCUT2D eigenvalue weighted by Crippen LogP contribution is -2.10. The Kier molecular flexibility index (Phi) is 5.25. The molecule has 0 aliphatic rings. The van der Waals surface area contributed by atoms with E-state index in [1.165, 1.54) is 4.57 Å². The zero-order valence-electron chi connectivity index (χ0n) is 13.8. The Bertz CT molecular complexity index is 909. The van der Waals surface area contributed by atoms with E-state index in [0.717, 1.165) is 12.8 Å². The molecule has 25 heavy (non-hydrogen) atoms. The van der Waals surface area contributed by atoms with Gasteiger partial charge in [-0.3, -0.25) is 0 Å². The van der Waals surface area contributed by atoms with E-state index in [9.17, 15) is 8.78 Å². The molecule has 0 saturated carbocycles. The fourth-order valence-corrected chi connectivity index (χ4v) is 3.58. The third-order valence-corrected chi connectivity index (χ3v) is 4.72. The summed E-state index contributed by atoms with van der Waals surface area (Å²) in [5.74, 6) is -0.263. The van der Waals surface area contributed by atoms with Crippen molar-refractivity contribution in [2.24, 2.45) is 0 Å². The van der Waals surface area contributed by atoms with E-state index >= 15 is 0 Å². The van der Waals surface area contributed by atoms with Crippen LogP contribution in [0, 0.1) is 0 Å². The van der Waals surface area contributed by atoms with Crippen molar-refractivity contribution < 1.29 is 8.78 Å². The normalized spacial score (nSPS) is 12.9. The number of imidazole rings is 1. The summed E-state index contributed by atoms with van der Waals surface area (Å²) in [6, 6.07) is 6.70. The average molecular weight is 384 g/mol. The molecule has 3 nitrogen and oxygen atoms in total. The van der Waals surface area contributed by atoms with Gasteiger partial charge in [0.05, 0.1) is 0 Å². The van der Waals surface area contributed by atoms with Crippen LogP contribution >= 0.6 is 23.2 Å². The number of aromatic nitrogens is 3. The highest BCUT2D eigenvalue weighted by Gasteiger charge is 2.25. The van der Waals surface area contributed by atoms with Crippen molar-refractivity contribution in [3.05, 3.63) is 46.3 Å². The quantitative estimate of drug-likeness (QED) is 0.490. The second kappa shape index (κ2) is 7.26. The summed E-state index contributed by atoms with van der Waals surface area (Å²) in [5, 5.41) is 0.948. The molecule has 0 bridgehead atoms. The van der Waals surface area contributed by atoms with Crippen LogP contribution in [0.2, 0.25) is 10.0 Å². The van der Waals surface area contributed by atoms with Crippen LogP contribution in [0.4, 0.5) is 8.78 Å². The highest BCUT2D eigenvalue weighted by Crippen LogP contribution is 2.36. The van der Waals surface area contributed by atoms with Crippen molar-refractivity contribution >= 4 is 34.4 Å². The third kappa shape index (κ3) is 3.35. The summed E-state index contributed by atoms with van der Waals surface area (Å²) in [6.07, 6.45) is 0.557. The van der Waals surface area contributed by atoms with E-state index in [4.69, 9.17) is 23.2 Å². The second-order valence-electron chi connectivity index (χ2n) is 5.93. The molecule has 3 rings (SSSR count). The molecule has 1 aromatic carbocycles. The largest absolute Gasteiger partial charge is 0.305 e. The molecule has 132 valence electrons. The standard InChI is InChI=1S/C18H17Cl2F2N3/c1-3-4-10(2)25-17-15(24-18(25)16(21)22)13(7-8-23-17)12-6-5-11(19)9-14(12)20/h5-10,16H,3-4H2,1-2H3. The number of benzene rings is 1. The van der Waals surface area contributed by atoms with Gasteiger partial charge in [-0.1, -0.05) is 42.6 Å². The van der Waals surface area contributed by atoms with Gasteiger partial charge in [0.25, 0.3) is 6.43 Å². The first-order valence-electron chi connectivity index (χ1n) is 8.04. The smallest absolute Gasteiger partial charge is 0.295 e. The minimum absolute atomic E-state index is 0.123. The van der Waals surface area contributed by atoms with E-state index in [1.807, 2.05) is 13.8 Å². The highest BCUT2D eigenvalue weighted by molar-refractivity contribution is 6.36. The Balaban J connectivity index is 2.28. The highest BCUT2D eigenvalue weighted by atomic mass is 35.5. The van der Waals surface area contributed by atoms with Crippen LogP contribution in [0.5, 0.6) is 0 Å². The fraction of sp³-hybridized carbons (Fsp3) is 0.333. The number of nitrogens with zero attached hydrogens (tertiary/aromatic N) is 3.